The molecule has 0 aliphatic heterocycles. The lowest BCUT2D eigenvalue weighted by molar-refractivity contribution is 0.689. The van der Waals surface area contributed by atoms with E-state index in [0.29, 0.717) is 5.92 Å². The minimum Gasteiger partial charge on any atom is -0.313 e. The highest BCUT2D eigenvalue weighted by molar-refractivity contribution is 9.10. The molecule has 4 heteroatoms. The predicted molar refractivity (Wildman–Crippen MR) is 82.7 cm³/mol. The average molecular weight is 322 g/mol. The Morgan fingerprint density at radius 1 is 1.37 bits per heavy atom. The van der Waals surface area contributed by atoms with Crippen LogP contribution in [0.15, 0.2) is 34.9 Å². The van der Waals surface area contributed by atoms with Crippen LogP contribution in [0, 0.1) is 0 Å². The van der Waals surface area contributed by atoms with E-state index >= 15 is 0 Å². The van der Waals surface area contributed by atoms with Crippen LogP contribution in [0.1, 0.15) is 37.9 Å². The van der Waals surface area contributed by atoms with Crippen molar-refractivity contribution in [1.82, 2.24) is 15.1 Å². The van der Waals surface area contributed by atoms with Crippen LogP contribution in [-0.4, -0.2) is 16.3 Å². The van der Waals surface area contributed by atoms with E-state index in [4.69, 9.17) is 0 Å². The molecule has 1 aromatic carbocycles. The molecule has 19 heavy (non-hydrogen) atoms. The third-order valence-corrected chi connectivity index (χ3v) is 3.54. The minimum absolute atomic E-state index is 0.440. The van der Waals surface area contributed by atoms with Gasteiger partial charge in [-0.05, 0) is 30.7 Å². The van der Waals surface area contributed by atoms with Crippen molar-refractivity contribution in [3.63, 3.8) is 0 Å². The van der Waals surface area contributed by atoms with Gasteiger partial charge in [-0.15, -0.1) is 0 Å². The molecule has 0 aliphatic carbocycles. The van der Waals surface area contributed by atoms with Gasteiger partial charge in [0, 0.05) is 16.6 Å². The second-order valence-electron chi connectivity index (χ2n) is 4.88. The van der Waals surface area contributed by atoms with Gasteiger partial charge in [0.1, 0.15) is 0 Å². The van der Waals surface area contributed by atoms with Gasteiger partial charge in [-0.1, -0.05) is 42.8 Å². The Balaban J connectivity index is 2.43. The summed E-state index contributed by atoms with van der Waals surface area (Å²) in [6, 6.07) is 8.24. The van der Waals surface area contributed by atoms with Crippen LogP contribution in [0.5, 0.6) is 0 Å². The highest BCUT2D eigenvalue weighted by Gasteiger charge is 2.15. The van der Waals surface area contributed by atoms with Crippen LogP contribution in [0.3, 0.4) is 0 Å². The summed E-state index contributed by atoms with van der Waals surface area (Å²) in [4.78, 5) is 0. The summed E-state index contributed by atoms with van der Waals surface area (Å²) < 4.78 is 3.12. The highest BCUT2D eigenvalue weighted by Crippen LogP contribution is 2.24. The summed E-state index contributed by atoms with van der Waals surface area (Å²) in [6.45, 7) is 8.38. The van der Waals surface area contributed by atoms with E-state index in [-0.39, 0.29) is 0 Å². The van der Waals surface area contributed by atoms with Crippen LogP contribution < -0.4 is 5.32 Å². The molecule has 3 nitrogen and oxygen atoms in total. The predicted octanol–water partition coefficient (Wildman–Crippen LogP) is 3.87. The van der Waals surface area contributed by atoms with Crippen LogP contribution in [0.2, 0.25) is 0 Å². The molecule has 102 valence electrons. The Morgan fingerprint density at radius 3 is 2.79 bits per heavy atom. The largest absolute Gasteiger partial charge is 0.313 e. The summed E-state index contributed by atoms with van der Waals surface area (Å²) in [5.74, 6) is 0.440. The quantitative estimate of drug-likeness (QED) is 0.906. The maximum atomic E-state index is 4.56. The molecular formula is C15H20BrN3. The molecule has 0 spiro atoms. The Hall–Kier alpha value is -1.13. The lowest BCUT2D eigenvalue weighted by Crippen LogP contribution is -2.14. The molecule has 0 aliphatic rings. The topological polar surface area (TPSA) is 29.9 Å². The second kappa shape index (κ2) is 6.35. The molecule has 2 aromatic rings. The molecule has 1 aromatic heterocycles. The van der Waals surface area contributed by atoms with E-state index in [9.17, 15) is 0 Å². The van der Waals surface area contributed by atoms with Crippen LogP contribution in [-0.2, 0) is 6.54 Å². The van der Waals surface area contributed by atoms with Crippen molar-refractivity contribution in [1.29, 1.82) is 0 Å². The third kappa shape index (κ3) is 3.25. The van der Waals surface area contributed by atoms with Gasteiger partial charge in [-0.3, -0.25) is 0 Å². The first kappa shape index (κ1) is 14.3. The molecule has 0 radical (unpaired) electrons. The number of hydrogen-bond donors (Lipinski definition) is 1. The summed E-state index contributed by atoms with van der Waals surface area (Å²) in [7, 11) is 0. The Bertz CT molecular complexity index is 546. The lowest BCUT2D eigenvalue weighted by Gasteiger charge is -2.13. The maximum Gasteiger partial charge on any atom is 0.0660 e. The molecule has 0 atom stereocenters. The first-order valence-corrected chi connectivity index (χ1v) is 7.46. The molecular weight excluding hydrogens is 302 g/mol. The number of hydrogen-bond acceptors (Lipinski definition) is 2. The Kier molecular flexibility index (Phi) is 4.77. The van der Waals surface area contributed by atoms with Gasteiger partial charge in [0.05, 0.1) is 17.6 Å². The molecule has 0 amide bonds. The van der Waals surface area contributed by atoms with Crippen molar-refractivity contribution in [2.75, 3.05) is 6.54 Å². The molecule has 0 saturated carbocycles. The highest BCUT2D eigenvalue weighted by atomic mass is 79.9. The van der Waals surface area contributed by atoms with E-state index in [1.54, 1.807) is 0 Å². The van der Waals surface area contributed by atoms with Gasteiger partial charge >= 0.3 is 0 Å². The summed E-state index contributed by atoms with van der Waals surface area (Å²) in [5.41, 5.74) is 3.65. The lowest BCUT2D eigenvalue weighted by atomic mass is 10.1. The molecule has 0 fully saturated rings. The SMILES string of the molecule is CCNCc1cnn(-c2cccc(Br)c2)c1C(C)C. The monoisotopic (exact) mass is 321 g/mol. The molecule has 0 saturated heterocycles. The molecule has 2 rings (SSSR count). The van der Waals surface area contributed by atoms with Gasteiger partial charge in [0.15, 0.2) is 0 Å². The minimum atomic E-state index is 0.440. The van der Waals surface area contributed by atoms with Gasteiger partial charge in [0.2, 0.25) is 0 Å². The number of nitrogens with zero attached hydrogens (tertiary/aromatic N) is 2. The fraction of sp³-hybridized carbons (Fsp3) is 0.400. The summed E-state index contributed by atoms with van der Waals surface area (Å²) in [5, 5.41) is 7.93. The molecule has 1 heterocycles. The van der Waals surface area contributed by atoms with E-state index in [0.717, 1.165) is 23.2 Å². The van der Waals surface area contributed by atoms with E-state index < -0.39 is 0 Å². The first-order chi connectivity index (χ1) is 9.13. The van der Waals surface area contributed by atoms with Crippen molar-refractivity contribution in [3.8, 4) is 5.69 Å². The smallest absolute Gasteiger partial charge is 0.0660 e. The number of nitrogens with one attached hydrogen (secondary N) is 1. The summed E-state index contributed by atoms with van der Waals surface area (Å²) >= 11 is 3.52. The van der Waals surface area contributed by atoms with Gasteiger partial charge in [-0.25, -0.2) is 4.68 Å². The Morgan fingerprint density at radius 2 is 2.16 bits per heavy atom. The number of benzene rings is 1. The average Bonchev–Trinajstić information content (AvgIpc) is 2.80. The zero-order valence-electron chi connectivity index (χ0n) is 11.7. The number of halogens is 1. The van der Waals surface area contributed by atoms with Crippen molar-refractivity contribution in [2.24, 2.45) is 0 Å². The van der Waals surface area contributed by atoms with Gasteiger partial charge in [-0.2, -0.15) is 5.10 Å². The van der Waals surface area contributed by atoms with Crippen molar-refractivity contribution in [2.45, 2.75) is 33.2 Å². The summed E-state index contributed by atoms with van der Waals surface area (Å²) in [6.07, 6.45) is 1.97. The van der Waals surface area contributed by atoms with E-state index in [1.807, 2.05) is 23.0 Å². The molecule has 1 N–H and O–H groups in total. The zero-order valence-corrected chi connectivity index (χ0v) is 13.2. The first-order valence-electron chi connectivity index (χ1n) is 6.67. The van der Waals surface area contributed by atoms with Crippen LogP contribution >= 0.6 is 15.9 Å². The molecule has 0 bridgehead atoms. The second-order valence-corrected chi connectivity index (χ2v) is 5.80. The van der Waals surface area contributed by atoms with Crippen molar-refractivity contribution in [3.05, 3.63) is 46.2 Å². The van der Waals surface area contributed by atoms with Gasteiger partial charge < -0.3 is 5.32 Å². The van der Waals surface area contributed by atoms with Crippen LogP contribution in [0.4, 0.5) is 0 Å². The normalized spacial score (nSPS) is 11.2. The fourth-order valence-electron chi connectivity index (χ4n) is 2.22. The Labute approximate surface area is 123 Å². The third-order valence-electron chi connectivity index (χ3n) is 3.05. The van der Waals surface area contributed by atoms with Crippen molar-refractivity contribution >= 4 is 15.9 Å². The number of aromatic nitrogens is 2. The van der Waals surface area contributed by atoms with Crippen LogP contribution in [0.25, 0.3) is 5.69 Å². The maximum absolute atomic E-state index is 4.56. The van der Waals surface area contributed by atoms with Crippen molar-refractivity contribution < 1.29 is 0 Å². The fourth-order valence-corrected chi connectivity index (χ4v) is 2.60. The van der Waals surface area contributed by atoms with E-state index in [1.165, 1.54) is 11.3 Å². The van der Waals surface area contributed by atoms with Gasteiger partial charge in [0.25, 0.3) is 0 Å². The standard InChI is InChI=1S/C15H20BrN3/c1-4-17-9-12-10-18-19(15(12)11(2)3)14-7-5-6-13(16)8-14/h5-8,10-11,17H,4,9H2,1-3H3. The number of rotatable bonds is 5. The molecule has 0 unspecified atom stereocenters. The zero-order chi connectivity index (χ0) is 13.8. The van der Waals surface area contributed by atoms with E-state index in [2.05, 4.69) is 59.2 Å².